The van der Waals surface area contributed by atoms with Crippen molar-refractivity contribution in [2.75, 3.05) is 5.88 Å². The highest BCUT2D eigenvalue weighted by molar-refractivity contribution is 6.30. The second-order valence-corrected chi connectivity index (χ2v) is 5.47. The predicted octanol–water partition coefficient (Wildman–Crippen LogP) is 4.69. The highest BCUT2D eigenvalue weighted by Gasteiger charge is 2.10. The van der Waals surface area contributed by atoms with Crippen molar-refractivity contribution in [2.24, 2.45) is 5.92 Å². The van der Waals surface area contributed by atoms with Gasteiger partial charge in [0.05, 0.1) is 0 Å². The van der Waals surface area contributed by atoms with E-state index in [9.17, 15) is 5.11 Å². The lowest BCUT2D eigenvalue weighted by Crippen LogP contribution is -2.10. The summed E-state index contributed by atoms with van der Waals surface area (Å²) < 4.78 is 0. The van der Waals surface area contributed by atoms with Gasteiger partial charge in [-0.05, 0) is 54.2 Å². The fraction of sp³-hybridized carbons (Fsp3) is 0.250. The zero-order valence-corrected chi connectivity index (χ0v) is 12.0. The third kappa shape index (κ3) is 4.45. The van der Waals surface area contributed by atoms with Gasteiger partial charge in [0.2, 0.25) is 0 Å². The number of benzene rings is 2. The number of phenols is 1. The van der Waals surface area contributed by atoms with Gasteiger partial charge in [-0.1, -0.05) is 35.9 Å². The molecule has 2 aromatic carbocycles. The first kappa shape index (κ1) is 14.2. The van der Waals surface area contributed by atoms with Crippen molar-refractivity contribution in [2.45, 2.75) is 12.8 Å². The molecule has 0 radical (unpaired) electrons. The first-order chi connectivity index (χ1) is 9.17. The van der Waals surface area contributed by atoms with E-state index in [0.29, 0.717) is 17.5 Å². The average Bonchev–Trinajstić information content (AvgIpc) is 2.43. The van der Waals surface area contributed by atoms with Gasteiger partial charge in [0, 0.05) is 10.9 Å². The molecule has 1 nitrogen and oxygen atoms in total. The van der Waals surface area contributed by atoms with Crippen LogP contribution in [-0.4, -0.2) is 11.0 Å². The van der Waals surface area contributed by atoms with Crippen LogP contribution in [0, 0.1) is 5.92 Å². The van der Waals surface area contributed by atoms with Gasteiger partial charge >= 0.3 is 0 Å². The van der Waals surface area contributed by atoms with Gasteiger partial charge in [-0.2, -0.15) is 0 Å². The lowest BCUT2D eigenvalue weighted by Gasteiger charge is -2.14. The summed E-state index contributed by atoms with van der Waals surface area (Å²) in [5.74, 6) is 1.29. The molecule has 0 fully saturated rings. The molecule has 1 atom stereocenters. The second-order valence-electron chi connectivity index (χ2n) is 4.72. The SMILES string of the molecule is Oc1ccc(CC(CCl)Cc2ccc(Cl)cc2)cc1. The standard InChI is InChI=1S/C16H16Cl2O/c17-11-14(9-12-1-5-15(18)6-2-12)10-13-3-7-16(19)8-4-13/h1-8,14,19H,9-11H2. The molecule has 0 spiro atoms. The van der Waals surface area contributed by atoms with Crippen molar-refractivity contribution in [3.05, 3.63) is 64.7 Å². The molecular formula is C16H16Cl2O. The smallest absolute Gasteiger partial charge is 0.115 e. The van der Waals surface area contributed by atoms with Gasteiger partial charge in [0.1, 0.15) is 5.75 Å². The van der Waals surface area contributed by atoms with E-state index in [1.807, 2.05) is 36.4 Å². The molecule has 3 heteroatoms. The van der Waals surface area contributed by atoms with Crippen LogP contribution in [0.2, 0.25) is 5.02 Å². The Labute approximate surface area is 123 Å². The van der Waals surface area contributed by atoms with Gasteiger partial charge in [-0.25, -0.2) is 0 Å². The zero-order valence-electron chi connectivity index (χ0n) is 10.5. The molecule has 2 aromatic rings. The van der Waals surface area contributed by atoms with E-state index in [-0.39, 0.29) is 0 Å². The maximum Gasteiger partial charge on any atom is 0.115 e. The summed E-state index contributed by atoms with van der Waals surface area (Å²) in [5, 5.41) is 10.0. The summed E-state index contributed by atoms with van der Waals surface area (Å²) >= 11 is 11.9. The van der Waals surface area contributed by atoms with Crippen molar-refractivity contribution in [1.82, 2.24) is 0 Å². The predicted molar refractivity (Wildman–Crippen MR) is 81.2 cm³/mol. The monoisotopic (exact) mass is 294 g/mol. The van der Waals surface area contributed by atoms with E-state index in [0.717, 1.165) is 17.9 Å². The maximum atomic E-state index is 9.27. The molecule has 0 saturated carbocycles. The molecule has 0 heterocycles. The fourth-order valence-corrected chi connectivity index (χ4v) is 2.44. The topological polar surface area (TPSA) is 20.2 Å². The number of phenolic OH excluding ortho intramolecular Hbond substituents is 1. The fourth-order valence-electron chi connectivity index (χ4n) is 2.10. The molecule has 1 N–H and O–H groups in total. The van der Waals surface area contributed by atoms with Crippen LogP contribution in [0.4, 0.5) is 0 Å². The zero-order chi connectivity index (χ0) is 13.7. The van der Waals surface area contributed by atoms with Crippen LogP contribution < -0.4 is 0 Å². The molecular weight excluding hydrogens is 279 g/mol. The summed E-state index contributed by atoms with van der Waals surface area (Å²) in [6.45, 7) is 0. The summed E-state index contributed by atoms with van der Waals surface area (Å²) in [6.07, 6.45) is 1.84. The Kier molecular flexibility index (Phi) is 5.12. The molecule has 1 unspecified atom stereocenters. The van der Waals surface area contributed by atoms with Crippen molar-refractivity contribution in [3.63, 3.8) is 0 Å². The van der Waals surface area contributed by atoms with Gasteiger partial charge in [0.25, 0.3) is 0 Å². The summed E-state index contributed by atoms with van der Waals surface area (Å²) in [7, 11) is 0. The molecule has 19 heavy (non-hydrogen) atoms. The van der Waals surface area contributed by atoms with E-state index >= 15 is 0 Å². The van der Waals surface area contributed by atoms with E-state index in [1.54, 1.807) is 12.1 Å². The van der Waals surface area contributed by atoms with Crippen LogP contribution in [0.3, 0.4) is 0 Å². The number of rotatable bonds is 5. The third-order valence-corrected chi connectivity index (χ3v) is 3.80. The minimum Gasteiger partial charge on any atom is -0.508 e. The molecule has 0 aliphatic heterocycles. The summed E-state index contributed by atoms with van der Waals surface area (Å²) in [4.78, 5) is 0. The van der Waals surface area contributed by atoms with Crippen LogP contribution in [0.5, 0.6) is 5.75 Å². The Bertz CT molecular complexity index is 458. The Morgan fingerprint density at radius 2 is 1.32 bits per heavy atom. The highest BCUT2D eigenvalue weighted by Crippen LogP contribution is 2.19. The molecule has 0 saturated heterocycles. The molecule has 0 aliphatic carbocycles. The Morgan fingerprint density at radius 3 is 1.79 bits per heavy atom. The third-order valence-electron chi connectivity index (χ3n) is 3.12. The second kappa shape index (κ2) is 6.83. The molecule has 0 amide bonds. The number of halogens is 2. The molecule has 2 rings (SSSR count). The number of hydrogen-bond acceptors (Lipinski definition) is 1. The lowest BCUT2D eigenvalue weighted by atomic mass is 9.94. The quantitative estimate of drug-likeness (QED) is 0.794. The largest absolute Gasteiger partial charge is 0.508 e. The van der Waals surface area contributed by atoms with E-state index in [4.69, 9.17) is 23.2 Å². The number of aromatic hydroxyl groups is 1. The highest BCUT2D eigenvalue weighted by atomic mass is 35.5. The van der Waals surface area contributed by atoms with Gasteiger partial charge in [-0.15, -0.1) is 11.6 Å². The van der Waals surface area contributed by atoms with Crippen LogP contribution in [0.25, 0.3) is 0 Å². The first-order valence-electron chi connectivity index (χ1n) is 6.25. The van der Waals surface area contributed by atoms with Gasteiger partial charge in [-0.3, -0.25) is 0 Å². The van der Waals surface area contributed by atoms with Crippen molar-refractivity contribution in [3.8, 4) is 5.75 Å². The summed E-state index contributed by atoms with van der Waals surface area (Å²) in [5.41, 5.74) is 2.44. The molecule has 100 valence electrons. The lowest BCUT2D eigenvalue weighted by molar-refractivity contribution is 0.474. The Hall–Kier alpha value is -1.18. The van der Waals surface area contributed by atoms with Crippen LogP contribution >= 0.6 is 23.2 Å². The van der Waals surface area contributed by atoms with Crippen molar-refractivity contribution < 1.29 is 5.11 Å². The Balaban J connectivity index is 2.00. The van der Waals surface area contributed by atoms with Crippen molar-refractivity contribution >= 4 is 23.2 Å². The van der Waals surface area contributed by atoms with E-state index in [1.165, 1.54) is 11.1 Å². The minimum absolute atomic E-state index is 0.295. The van der Waals surface area contributed by atoms with Gasteiger partial charge in [0.15, 0.2) is 0 Å². The van der Waals surface area contributed by atoms with Crippen molar-refractivity contribution in [1.29, 1.82) is 0 Å². The normalized spacial score (nSPS) is 12.3. The van der Waals surface area contributed by atoms with E-state index in [2.05, 4.69) is 0 Å². The molecule has 0 bridgehead atoms. The Morgan fingerprint density at radius 1 is 0.842 bits per heavy atom. The van der Waals surface area contributed by atoms with E-state index < -0.39 is 0 Å². The molecule has 0 aliphatic rings. The summed E-state index contributed by atoms with van der Waals surface area (Å²) in [6, 6.07) is 15.2. The van der Waals surface area contributed by atoms with Crippen LogP contribution in [0.1, 0.15) is 11.1 Å². The number of hydrogen-bond donors (Lipinski definition) is 1. The maximum absolute atomic E-state index is 9.27. The van der Waals surface area contributed by atoms with Crippen LogP contribution in [-0.2, 0) is 12.8 Å². The average molecular weight is 295 g/mol. The van der Waals surface area contributed by atoms with Crippen LogP contribution in [0.15, 0.2) is 48.5 Å². The number of alkyl halides is 1. The first-order valence-corrected chi connectivity index (χ1v) is 7.17. The minimum atomic E-state index is 0.295. The van der Waals surface area contributed by atoms with Gasteiger partial charge < -0.3 is 5.11 Å². The molecule has 0 aromatic heterocycles.